The highest BCUT2D eigenvalue weighted by atomic mass is 19.1. The largest absolute Gasteiger partial charge is 0.393 e. The van der Waals surface area contributed by atoms with Crippen molar-refractivity contribution < 1.29 is 9.50 Å². The minimum Gasteiger partial charge on any atom is -0.393 e. The number of nitrogens with one attached hydrogen (secondary N) is 1. The van der Waals surface area contributed by atoms with E-state index in [4.69, 9.17) is 5.11 Å². The summed E-state index contributed by atoms with van der Waals surface area (Å²) >= 11 is 0. The average molecular weight is 211 g/mol. The van der Waals surface area contributed by atoms with Crippen LogP contribution >= 0.6 is 0 Å². The summed E-state index contributed by atoms with van der Waals surface area (Å²) in [5.74, 6) is -0.144. The molecule has 0 aliphatic carbocycles. The second kappa shape index (κ2) is 6.53. The van der Waals surface area contributed by atoms with Gasteiger partial charge in [0.2, 0.25) is 0 Å². The molecule has 1 unspecified atom stereocenters. The summed E-state index contributed by atoms with van der Waals surface area (Å²) in [6, 6.07) is 6.81. The summed E-state index contributed by atoms with van der Waals surface area (Å²) in [6.07, 6.45) is 1.15. The van der Waals surface area contributed by atoms with E-state index in [9.17, 15) is 4.39 Å². The summed E-state index contributed by atoms with van der Waals surface area (Å²) in [5.41, 5.74) is 0.738. The first-order valence-electron chi connectivity index (χ1n) is 5.32. The molecule has 84 valence electrons. The van der Waals surface area contributed by atoms with Crippen LogP contribution < -0.4 is 5.32 Å². The zero-order valence-corrected chi connectivity index (χ0v) is 9.04. The van der Waals surface area contributed by atoms with Crippen LogP contribution in [0.2, 0.25) is 0 Å². The van der Waals surface area contributed by atoms with Gasteiger partial charge in [-0.15, -0.1) is 0 Å². The summed E-state index contributed by atoms with van der Waals surface area (Å²) in [4.78, 5) is 0. The second-order valence-electron chi connectivity index (χ2n) is 3.73. The first kappa shape index (κ1) is 12.1. The third-order valence-corrected chi connectivity index (χ3v) is 2.27. The van der Waals surface area contributed by atoms with Crippen LogP contribution in [0.5, 0.6) is 0 Å². The fraction of sp³-hybridized carbons (Fsp3) is 0.500. The Kier molecular flexibility index (Phi) is 5.29. The number of aliphatic hydroxyl groups excluding tert-OH is 1. The predicted octanol–water partition coefficient (Wildman–Crippen LogP) is 1.73. The standard InChI is InChI=1S/C12H18FNO/c1-10(15)6-8-14-9-7-11-4-2-3-5-12(11)13/h2-5,10,14-15H,6-9H2,1H3. The van der Waals surface area contributed by atoms with E-state index < -0.39 is 0 Å². The predicted molar refractivity (Wildman–Crippen MR) is 59.3 cm³/mol. The second-order valence-corrected chi connectivity index (χ2v) is 3.73. The van der Waals surface area contributed by atoms with Gasteiger partial charge < -0.3 is 10.4 Å². The number of hydrogen-bond donors (Lipinski definition) is 2. The van der Waals surface area contributed by atoms with Gasteiger partial charge in [-0.2, -0.15) is 0 Å². The highest BCUT2D eigenvalue weighted by Gasteiger charge is 1.99. The molecule has 0 saturated heterocycles. The Morgan fingerprint density at radius 1 is 1.33 bits per heavy atom. The highest BCUT2D eigenvalue weighted by Crippen LogP contribution is 2.05. The zero-order valence-electron chi connectivity index (χ0n) is 9.04. The molecule has 2 N–H and O–H groups in total. The molecule has 0 spiro atoms. The number of rotatable bonds is 6. The molecular formula is C12H18FNO. The lowest BCUT2D eigenvalue weighted by Gasteiger charge is -2.06. The third-order valence-electron chi connectivity index (χ3n) is 2.27. The molecule has 0 heterocycles. The van der Waals surface area contributed by atoms with E-state index in [2.05, 4.69) is 5.32 Å². The maximum atomic E-state index is 13.2. The van der Waals surface area contributed by atoms with E-state index in [1.54, 1.807) is 19.1 Å². The van der Waals surface area contributed by atoms with Crippen LogP contribution in [0.4, 0.5) is 4.39 Å². The Labute approximate surface area is 90.1 Å². The topological polar surface area (TPSA) is 32.3 Å². The number of benzene rings is 1. The van der Waals surface area contributed by atoms with Crippen LogP contribution in [-0.2, 0) is 6.42 Å². The number of aliphatic hydroxyl groups is 1. The Balaban J connectivity index is 2.18. The van der Waals surface area contributed by atoms with Crippen molar-refractivity contribution in [2.45, 2.75) is 25.9 Å². The maximum Gasteiger partial charge on any atom is 0.126 e. The smallest absolute Gasteiger partial charge is 0.126 e. The molecule has 1 atom stereocenters. The molecule has 0 aliphatic rings. The summed E-state index contributed by atoms with van der Waals surface area (Å²) in [5, 5.41) is 12.2. The van der Waals surface area contributed by atoms with Gasteiger partial charge in [0.25, 0.3) is 0 Å². The van der Waals surface area contributed by atoms with E-state index in [0.717, 1.165) is 25.1 Å². The molecule has 2 nitrogen and oxygen atoms in total. The van der Waals surface area contributed by atoms with Crippen molar-refractivity contribution in [3.63, 3.8) is 0 Å². The van der Waals surface area contributed by atoms with Gasteiger partial charge in [0, 0.05) is 0 Å². The molecule has 0 fully saturated rings. The molecule has 1 aromatic rings. The van der Waals surface area contributed by atoms with Crippen molar-refractivity contribution >= 4 is 0 Å². The molecular weight excluding hydrogens is 193 g/mol. The van der Waals surface area contributed by atoms with Crippen LogP contribution in [0.1, 0.15) is 18.9 Å². The van der Waals surface area contributed by atoms with E-state index >= 15 is 0 Å². The van der Waals surface area contributed by atoms with Crippen molar-refractivity contribution in [2.24, 2.45) is 0 Å². The number of hydrogen-bond acceptors (Lipinski definition) is 2. The van der Waals surface area contributed by atoms with E-state index in [1.807, 2.05) is 6.07 Å². The molecule has 0 amide bonds. The lowest BCUT2D eigenvalue weighted by atomic mass is 10.1. The van der Waals surface area contributed by atoms with Gasteiger partial charge in [0.15, 0.2) is 0 Å². The first-order chi connectivity index (χ1) is 7.20. The van der Waals surface area contributed by atoms with Gasteiger partial charge in [-0.3, -0.25) is 0 Å². The van der Waals surface area contributed by atoms with Crippen molar-refractivity contribution in [2.75, 3.05) is 13.1 Å². The average Bonchev–Trinajstić information content (AvgIpc) is 2.20. The quantitative estimate of drug-likeness (QED) is 0.702. The van der Waals surface area contributed by atoms with Gasteiger partial charge in [-0.05, 0) is 44.5 Å². The van der Waals surface area contributed by atoms with Crippen LogP contribution in [0.3, 0.4) is 0 Å². The van der Waals surface area contributed by atoms with E-state index in [0.29, 0.717) is 6.42 Å². The van der Waals surface area contributed by atoms with Crippen LogP contribution in [0, 0.1) is 5.82 Å². The number of halogens is 1. The zero-order chi connectivity index (χ0) is 11.1. The van der Waals surface area contributed by atoms with Crippen molar-refractivity contribution in [3.05, 3.63) is 35.6 Å². The van der Waals surface area contributed by atoms with E-state index in [1.165, 1.54) is 6.07 Å². The van der Waals surface area contributed by atoms with Gasteiger partial charge in [0.1, 0.15) is 5.82 Å². The van der Waals surface area contributed by atoms with Gasteiger partial charge in [-0.25, -0.2) is 4.39 Å². The molecule has 0 saturated carbocycles. The van der Waals surface area contributed by atoms with Crippen molar-refractivity contribution in [1.82, 2.24) is 5.32 Å². The van der Waals surface area contributed by atoms with Crippen LogP contribution in [-0.4, -0.2) is 24.3 Å². The van der Waals surface area contributed by atoms with Crippen LogP contribution in [0.15, 0.2) is 24.3 Å². The summed E-state index contributed by atoms with van der Waals surface area (Å²) in [7, 11) is 0. The maximum absolute atomic E-state index is 13.2. The fourth-order valence-electron chi connectivity index (χ4n) is 1.36. The third kappa shape index (κ3) is 4.91. The Morgan fingerprint density at radius 2 is 2.07 bits per heavy atom. The molecule has 1 rings (SSSR count). The van der Waals surface area contributed by atoms with Gasteiger partial charge in [-0.1, -0.05) is 18.2 Å². The van der Waals surface area contributed by atoms with E-state index in [-0.39, 0.29) is 11.9 Å². The minimum atomic E-state index is -0.272. The Bertz CT molecular complexity index is 289. The molecule has 1 aromatic carbocycles. The highest BCUT2D eigenvalue weighted by molar-refractivity contribution is 5.17. The van der Waals surface area contributed by atoms with Crippen molar-refractivity contribution in [1.29, 1.82) is 0 Å². The fourth-order valence-corrected chi connectivity index (χ4v) is 1.36. The summed E-state index contributed by atoms with van der Waals surface area (Å²) < 4.78 is 13.2. The normalized spacial score (nSPS) is 12.7. The Morgan fingerprint density at radius 3 is 2.73 bits per heavy atom. The monoisotopic (exact) mass is 211 g/mol. The van der Waals surface area contributed by atoms with Crippen LogP contribution in [0.25, 0.3) is 0 Å². The van der Waals surface area contributed by atoms with Crippen molar-refractivity contribution in [3.8, 4) is 0 Å². The molecule has 0 aliphatic heterocycles. The molecule has 3 heteroatoms. The molecule has 0 bridgehead atoms. The summed E-state index contributed by atoms with van der Waals surface area (Å²) in [6.45, 7) is 3.28. The Hall–Kier alpha value is -0.930. The molecule has 0 radical (unpaired) electrons. The molecule has 15 heavy (non-hydrogen) atoms. The first-order valence-corrected chi connectivity index (χ1v) is 5.32. The lowest BCUT2D eigenvalue weighted by molar-refractivity contribution is 0.184. The van der Waals surface area contributed by atoms with Gasteiger partial charge in [0.05, 0.1) is 6.10 Å². The molecule has 0 aromatic heterocycles. The van der Waals surface area contributed by atoms with Gasteiger partial charge >= 0.3 is 0 Å². The SMILES string of the molecule is CC(O)CCNCCc1ccccc1F. The lowest BCUT2D eigenvalue weighted by Crippen LogP contribution is -2.21. The minimum absolute atomic E-state index is 0.144.